The van der Waals surface area contributed by atoms with Crippen molar-refractivity contribution < 1.29 is 8.42 Å². The summed E-state index contributed by atoms with van der Waals surface area (Å²) in [6.07, 6.45) is 5.99. The van der Waals surface area contributed by atoms with Gasteiger partial charge in [-0.15, -0.1) is 0 Å². The van der Waals surface area contributed by atoms with Crippen molar-refractivity contribution in [1.82, 2.24) is 4.72 Å². The molecule has 0 saturated carbocycles. The minimum atomic E-state index is -3.20. The molecule has 0 aromatic carbocycles. The minimum absolute atomic E-state index is 0.283. The van der Waals surface area contributed by atoms with E-state index in [2.05, 4.69) is 27.3 Å². The van der Waals surface area contributed by atoms with E-state index in [1.807, 2.05) is 6.08 Å². The van der Waals surface area contributed by atoms with Gasteiger partial charge in [0.2, 0.25) is 10.0 Å². The molecule has 0 aliphatic heterocycles. The van der Waals surface area contributed by atoms with Gasteiger partial charge in [0.05, 0.1) is 4.91 Å². The highest BCUT2D eigenvalue weighted by molar-refractivity contribution is 14.1. The van der Waals surface area contributed by atoms with Crippen molar-refractivity contribution in [2.45, 2.75) is 10.3 Å². The Kier molecular flexibility index (Phi) is 3.30. The average molecular weight is 299 g/mol. The SMILES string of the molecule is CNS(=O)(=O)C1=CC=CC(I)C1. The van der Waals surface area contributed by atoms with E-state index < -0.39 is 10.0 Å². The number of hydrogen-bond donors (Lipinski definition) is 1. The van der Waals surface area contributed by atoms with Crippen LogP contribution in [0.5, 0.6) is 0 Å². The van der Waals surface area contributed by atoms with E-state index in [0.717, 1.165) is 0 Å². The van der Waals surface area contributed by atoms with E-state index in [4.69, 9.17) is 0 Å². The number of allylic oxidation sites excluding steroid dienone is 4. The third-order valence-electron chi connectivity index (χ3n) is 1.61. The van der Waals surface area contributed by atoms with Gasteiger partial charge in [0, 0.05) is 3.92 Å². The van der Waals surface area contributed by atoms with Gasteiger partial charge >= 0.3 is 0 Å². The van der Waals surface area contributed by atoms with Crippen LogP contribution in [0.3, 0.4) is 0 Å². The Morgan fingerprint density at radius 2 is 2.33 bits per heavy atom. The predicted octanol–water partition coefficient (Wildman–Crippen LogP) is 1.18. The van der Waals surface area contributed by atoms with Crippen molar-refractivity contribution in [3.8, 4) is 0 Å². The van der Waals surface area contributed by atoms with E-state index in [0.29, 0.717) is 11.3 Å². The largest absolute Gasteiger partial charge is 0.236 e. The van der Waals surface area contributed by atoms with Gasteiger partial charge in [-0.2, -0.15) is 0 Å². The highest BCUT2D eigenvalue weighted by atomic mass is 127. The van der Waals surface area contributed by atoms with E-state index in [1.165, 1.54) is 7.05 Å². The molecule has 1 unspecified atom stereocenters. The molecule has 0 fully saturated rings. The molecule has 0 saturated heterocycles. The molecule has 1 rings (SSSR count). The van der Waals surface area contributed by atoms with E-state index in [1.54, 1.807) is 12.2 Å². The van der Waals surface area contributed by atoms with Crippen molar-refractivity contribution in [3.05, 3.63) is 23.1 Å². The van der Waals surface area contributed by atoms with Crippen LogP contribution >= 0.6 is 22.6 Å². The van der Waals surface area contributed by atoms with Crippen molar-refractivity contribution >= 4 is 32.6 Å². The van der Waals surface area contributed by atoms with Gasteiger partial charge < -0.3 is 0 Å². The summed E-state index contributed by atoms with van der Waals surface area (Å²) in [6, 6.07) is 0. The molecule has 0 bridgehead atoms. The molecular weight excluding hydrogens is 289 g/mol. The van der Waals surface area contributed by atoms with E-state index >= 15 is 0 Å². The standard InChI is InChI=1S/C7H10INO2S/c1-9-12(10,11)7-4-2-3-6(8)5-7/h2-4,6,9H,5H2,1H3. The normalized spacial score (nSPS) is 23.8. The van der Waals surface area contributed by atoms with Crippen LogP contribution < -0.4 is 4.72 Å². The molecule has 12 heavy (non-hydrogen) atoms. The summed E-state index contributed by atoms with van der Waals surface area (Å²) in [6.45, 7) is 0. The lowest BCUT2D eigenvalue weighted by Gasteiger charge is -2.12. The molecule has 1 aliphatic carbocycles. The summed E-state index contributed by atoms with van der Waals surface area (Å²) < 4.78 is 25.1. The highest BCUT2D eigenvalue weighted by Gasteiger charge is 2.18. The first-order chi connectivity index (χ1) is 5.56. The van der Waals surface area contributed by atoms with E-state index in [-0.39, 0.29) is 3.92 Å². The summed E-state index contributed by atoms with van der Waals surface area (Å²) in [4.78, 5) is 0.465. The molecule has 0 amide bonds. The Morgan fingerprint density at radius 1 is 1.67 bits per heavy atom. The lowest BCUT2D eigenvalue weighted by atomic mass is 10.2. The second-order valence-corrected chi connectivity index (χ2v) is 5.99. The zero-order chi connectivity index (χ0) is 9.19. The van der Waals surface area contributed by atoms with Crippen LogP contribution in [0.4, 0.5) is 0 Å². The lowest BCUT2D eigenvalue weighted by Crippen LogP contribution is -2.22. The third-order valence-corrected chi connectivity index (χ3v) is 4.00. The Hall–Kier alpha value is 0.120. The second kappa shape index (κ2) is 3.89. The topological polar surface area (TPSA) is 46.2 Å². The first-order valence-corrected chi connectivity index (χ1v) is 6.24. The first-order valence-electron chi connectivity index (χ1n) is 3.51. The molecule has 0 spiro atoms. The fraction of sp³-hybridized carbons (Fsp3) is 0.429. The Bertz CT molecular complexity index is 318. The average Bonchev–Trinajstić information content (AvgIpc) is 2.05. The smallest absolute Gasteiger partial charge is 0.215 e. The maximum atomic E-state index is 11.3. The number of hydrogen-bond acceptors (Lipinski definition) is 2. The fourth-order valence-electron chi connectivity index (χ4n) is 0.942. The monoisotopic (exact) mass is 299 g/mol. The minimum Gasteiger partial charge on any atom is -0.215 e. The first kappa shape index (κ1) is 10.2. The highest BCUT2D eigenvalue weighted by Crippen LogP contribution is 2.22. The molecular formula is C7H10INO2S. The van der Waals surface area contributed by atoms with Crippen LogP contribution in [0, 0.1) is 0 Å². The third kappa shape index (κ3) is 2.30. The van der Waals surface area contributed by atoms with Crippen LogP contribution in [0.25, 0.3) is 0 Å². The number of alkyl halides is 1. The molecule has 0 heterocycles. The summed E-state index contributed by atoms with van der Waals surface area (Å²) >= 11 is 2.21. The quantitative estimate of drug-likeness (QED) is 0.615. The van der Waals surface area contributed by atoms with Gasteiger partial charge in [-0.25, -0.2) is 13.1 Å². The van der Waals surface area contributed by atoms with Crippen molar-refractivity contribution in [2.24, 2.45) is 0 Å². The molecule has 0 aromatic rings. The van der Waals surface area contributed by atoms with Crippen LogP contribution in [0.1, 0.15) is 6.42 Å². The number of nitrogens with one attached hydrogen (secondary N) is 1. The van der Waals surface area contributed by atoms with Gasteiger partial charge in [-0.1, -0.05) is 34.7 Å². The van der Waals surface area contributed by atoms with Crippen molar-refractivity contribution in [1.29, 1.82) is 0 Å². The van der Waals surface area contributed by atoms with Gasteiger partial charge in [-0.05, 0) is 19.5 Å². The molecule has 1 N–H and O–H groups in total. The molecule has 68 valence electrons. The van der Waals surface area contributed by atoms with Crippen LogP contribution in [-0.4, -0.2) is 19.4 Å². The maximum Gasteiger partial charge on any atom is 0.236 e. The summed E-state index contributed by atoms with van der Waals surface area (Å²) in [5, 5.41) is 0. The van der Waals surface area contributed by atoms with Crippen LogP contribution in [0.2, 0.25) is 0 Å². The zero-order valence-corrected chi connectivity index (χ0v) is 9.59. The Morgan fingerprint density at radius 3 is 2.83 bits per heavy atom. The molecule has 0 aromatic heterocycles. The Labute approximate surface area is 86.1 Å². The molecule has 1 aliphatic rings. The van der Waals surface area contributed by atoms with Crippen LogP contribution in [0.15, 0.2) is 23.1 Å². The fourth-order valence-corrected chi connectivity index (χ4v) is 2.87. The van der Waals surface area contributed by atoms with Gasteiger partial charge in [0.1, 0.15) is 0 Å². The van der Waals surface area contributed by atoms with Gasteiger partial charge in [0.25, 0.3) is 0 Å². The van der Waals surface area contributed by atoms with Gasteiger partial charge in [-0.3, -0.25) is 0 Å². The number of rotatable bonds is 2. The zero-order valence-electron chi connectivity index (χ0n) is 6.62. The summed E-state index contributed by atoms with van der Waals surface area (Å²) in [5.74, 6) is 0. The molecule has 5 heteroatoms. The van der Waals surface area contributed by atoms with E-state index in [9.17, 15) is 8.42 Å². The Balaban J connectivity index is 2.91. The molecule has 1 atom stereocenters. The summed E-state index contributed by atoms with van der Waals surface area (Å²) in [7, 11) is -1.77. The van der Waals surface area contributed by atoms with Crippen molar-refractivity contribution in [2.75, 3.05) is 7.05 Å². The number of sulfonamides is 1. The predicted molar refractivity (Wildman–Crippen MR) is 57.6 cm³/mol. The van der Waals surface area contributed by atoms with Gasteiger partial charge in [0.15, 0.2) is 0 Å². The second-order valence-electron chi connectivity index (χ2n) is 2.45. The number of halogens is 1. The molecule has 3 nitrogen and oxygen atoms in total. The maximum absolute atomic E-state index is 11.3. The van der Waals surface area contributed by atoms with Crippen molar-refractivity contribution in [3.63, 3.8) is 0 Å². The summed E-state index contributed by atoms with van der Waals surface area (Å²) in [5.41, 5.74) is 0. The lowest BCUT2D eigenvalue weighted by molar-refractivity contribution is 0.592. The molecule has 0 radical (unpaired) electrons. The van der Waals surface area contributed by atoms with Crippen LogP contribution in [-0.2, 0) is 10.0 Å².